The maximum absolute atomic E-state index is 13.4. The van der Waals surface area contributed by atoms with Crippen molar-refractivity contribution in [3.8, 4) is 5.75 Å². The van der Waals surface area contributed by atoms with Crippen molar-refractivity contribution < 1.29 is 18.7 Å². The Hall–Kier alpha value is -2.51. The number of nitrogens with zero attached hydrogens (tertiary/aromatic N) is 1. The van der Waals surface area contributed by atoms with Crippen LogP contribution in [0.25, 0.3) is 10.2 Å². The Morgan fingerprint density at radius 3 is 2.67 bits per heavy atom. The molecule has 1 aromatic heterocycles. The number of carbonyl (C=O) groups excluding carboxylic acids is 1. The first-order chi connectivity index (χ1) is 13.1. The molecular weight excluding hydrogens is 367 g/mol. The first-order valence-electron chi connectivity index (χ1n) is 8.70. The molecule has 1 fully saturated rings. The number of halogens is 1. The molecule has 4 rings (SSSR count). The predicted octanol–water partition coefficient (Wildman–Crippen LogP) is 4.13. The van der Waals surface area contributed by atoms with E-state index in [1.807, 2.05) is 18.2 Å². The van der Waals surface area contributed by atoms with Crippen LogP contribution in [0, 0.1) is 5.82 Å². The van der Waals surface area contributed by atoms with E-state index in [-0.39, 0.29) is 11.7 Å². The van der Waals surface area contributed by atoms with Crippen LogP contribution in [0.4, 0.5) is 9.52 Å². The largest absolute Gasteiger partial charge is 0.497 e. The summed E-state index contributed by atoms with van der Waals surface area (Å²) >= 11 is 1.40. The number of benzene rings is 2. The molecule has 1 aliphatic rings. The van der Waals surface area contributed by atoms with Gasteiger partial charge >= 0.3 is 0 Å². The van der Waals surface area contributed by atoms with E-state index in [1.54, 1.807) is 19.2 Å². The van der Waals surface area contributed by atoms with Crippen molar-refractivity contribution >= 4 is 32.6 Å². The molecule has 27 heavy (non-hydrogen) atoms. The minimum Gasteiger partial charge on any atom is -0.497 e. The number of methoxy groups -OCH3 is 1. The lowest BCUT2D eigenvalue weighted by Crippen LogP contribution is -2.44. The Bertz CT molecular complexity index is 965. The van der Waals surface area contributed by atoms with Crippen LogP contribution in [0.5, 0.6) is 5.75 Å². The summed E-state index contributed by atoms with van der Waals surface area (Å²) in [6.07, 6.45) is 1.09. The zero-order chi connectivity index (χ0) is 18.9. The monoisotopic (exact) mass is 386 g/mol. The number of hydrogen-bond donors (Lipinski definition) is 1. The summed E-state index contributed by atoms with van der Waals surface area (Å²) in [4.78, 5) is 17.8. The Kier molecular flexibility index (Phi) is 4.80. The number of nitrogens with one attached hydrogen (secondary N) is 1. The number of thiazole rings is 1. The fourth-order valence-corrected chi connectivity index (χ4v) is 4.33. The summed E-state index contributed by atoms with van der Waals surface area (Å²) in [7, 11) is 1.61. The highest BCUT2D eigenvalue weighted by atomic mass is 32.1. The average molecular weight is 386 g/mol. The van der Waals surface area contributed by atoms with E-state index in [9.17, 15) is 9.18 Å². The number of amides is 1. The van der Waals surface area contributed by atoms with Crippen LogP contribution in [0.15, 0.2) is 42.5 Å². The number of fused-ring (bicyclic) bond motifs is 1. The van der Waals surface area contributed by atoms with Crippen LogP contribution in [0.3, 0.4) is 0 Å². The van der Waals surface area contributed by atoms with Crippen molar-refractivity contribution in [1.29, 1.82) is 0 Å². The van der Waals surface area contributed by atoms with Gasteiger partial charge in [0, 0.05) is 13.2 Å². The summed E-state index contributed by atoms with van der Waals surface area (Å²) in [5.74, 6) is 0.293. The third kappa shape index (κ3) is 3.40. The van der Waals surface area contributed by atoms with Gasteiger partial charge < -0.3 is 14.8 Å². The highest BCUT2D eigenvalue weighted by Crippen LogP contribution is 2.37. The molecule has 0 saturated carbocycles. The van der Waals surface area contributed by atoms with E-state index in [2.05, 4.69) is 10.3 Å². The number of rotatable bonds is 4. The molecule has 2 heterocycles. The second-order valence-corrected chi connectivity index (χ2v) is 7.54. The molecule has 2 aromatic carbocycles. The molecule has 1 aliphatic heterocycles. The third-order valence-electron chi connectivity index (χ3n) is 4.99. The van der Waals surface area contributed by atoms with Crippen molar-refractivity contribution in [3.63, 3.8) is 0 Å². The van der Waals surface area contributed by atoms with E-state index < -0.39 is 5.41 Å². The molecule has 140 valence electrons. The highest BCUT2D eigenvalue weighted by Gasteiger charge is 2.42. The molecule has 0 spiro atoms. The van der Waals surface area contributed by atoms with Gasteiger partial charge in [-0.25, -0.2) is 9.37 Å². The van der Waals surface area contributed by atoms with Gasteiger partial charge in [0.05, 0.1) is 22.7 Å². The first-order valence-corrected chi connectivity index (χ1v) is 9.52. The van der Waals surface area contributed by atoms with Crippen LogP contribution in [0.2, 0.25) is 0 Å². The summed E-state index contributed by atoms with van der Waals surface area (Å²) in [6.45, 7) is 0.976. The van der Waals surface area contributed by atoms with Gasteiger partial charge in [0.25, 0.3) is 0 Å². The van der Waals surface area contributed by atoms with Gasteiger partial charge in [0.2, 0.25) is 5.91 Å². The van der Waals surface area contributed by atoms with Crippen molar-refractivity contribution in [2.24, 2.45) is 0 Å². The molecule has 0 bridgehead atoms. The fourth-order valence-electron chi connectivity index (χ4n) is 3.44. The number of ether oxygens (including phenoxy) is 2. The van der Waals surface area contributed by atoms with Gasteiger partial charge in [-0.3, -0.25) is 4.79 Å². The minimum atomic E-state index is -0.749. The van der Waals surface area contributed by atoms with Crippen molar-refractivity contribution in [3.05, 3.63) is 53.8 Å². The first kappa shape index (κ1) is 17.9. The molecule has 1 saturated heterocycles. The normalized spacial score (nSPS) is 16.2. The van der Waals surface area contributed by atoms with Gasteiger partial charge in [-0.1, -0.05) is 23.5 Å². The van der Waals surface area contributed by atoms with Crippen molar-refractivity contribution in [2.75, 3.05) is 25.6 Å². The molecule has 7 heteroatoms. The van der Waals surface area contributed by atoms with E-state index in [0.717, 1.165) is 21.5 Å². The fraction of sp³-hybridized carbons (Fsp3) is 0.300. The smallest absolute Gasteiger partial charge is 0.236 e. The van der Waals surface area contributed by atoms with Crippen LogP contribution >= 0.6 is 11.3 Å². The Morgan fingerprint density at radius 2 is 1.96 bits per heavy atom. The maximum Gasteiger partial charge on any atom is 0.236 e. The minimum absolute atomic E-state index is 0.136. The van der Waals surface area contributed by atoms with Crippen molar-refractivity contribution in [2.45, 2.75) is 18.3 Å². The molecular formula is C20H19FN2O3S. The molecule has 0 radical (unpaired) electrons. The second kappa shape index (κ2) is 7.25. The molecule has 0 atom stereocenters. The van der Waals surface area contributed by atoms with Gasteiger partial charge in [-0.15, -0.1) is 0 Å². The Balaban J connectivity index is 1.65. The number of aromatic nitrogens is 1. The van der Waals surface area contributed by atoms with E-state index in [0.29, 0.717) is 31.2 Å². The molecule has 5 nitrogen and oxygen atoms in total. The van der Waals surface area contributed by atoms with E-state index in [4.69, 9.17) is 9.47 Å². The lowest BCUT2D eigenvalue weighted by Gasteiger charge is -2.35. The summed E-state index contributed by atoms with van der Waals surface area (Å²) < 4.78 is 25.0. The van der Waals surface area contributed by atoms with Crippen LogP contribution in [0.1, 0.15) is 18.4 Å². The molecule has 3 aromatic rings. The Labute approximate surface area is 160 Å². The van der Waals surface area contributed by atoms with E-state index in [1.165, 1.54) is 23.5 Å². The zero-order valence-corrected chi connectivity index (χ0v) is 15.6. The van der Waals surface area contributed by atoms with Crippen molar-refractivity contribution in [1.82, 2.24) is 4.98 Å². The van der Waals surface area contributed by atoms with Crippen LogP contribution in [-0.4, -0.2) is 31.2 Å². The molecule has 1 amide bonds. The number of carbonyl (C=O) groups is 1. The quantitative estimate of drug-likeness (QED) is 0.732. The second-order valence-electron chi connectivity index (χ2n) is 6.51. The van der Waals surface area contributed by atoms with Gasteiger partial charge in [0.1, 0.15) is 11.6 Å². The number of anilines is 1. The lowest BCUT2D eigenvalue weighted by molar-refractivity contribution is -0.125. The van der Waals surface area contributed by atoms with Gasteiger partial charge in [0.15, 0.2) is 5.13 Å². The standard InChI is InChI=1S/C20H19FN2O3S/c1-25-15-6-7-16-17(12-15)27-19(22-16)23-18(24)20(8-10-26-11-9-20)13-2-4-14(21)5-3-13/h2-7,12H,8-11H2,1H3,(H,22,23,24). The summed E-state index contributed by atoms with van der Waals surface area (Å²) in [5, 5.41) is 3.51. The number of hydrogen-bond acceptors (Lipinski definition) is 5. The van der Waals surface area contributed by atoms with Gasteiger partial charge in [-0.2, -0.15) is 0 Å². The predicted molar refractivity (Wildman–Crippen MR) is 103 cm³/mol. The molecule has 1 N–H and O–H groups in total. The SMILES string of the molecule is COc1ccc2nc(NC(=O)C3(c4ccc(F)cc4)CCOCC3)sc2c1. The third-order valence-corrected chi connectivity index (χ3v) is 5.93. The zero-order valence-electron chi connectivity index (χ0n) is 14.8. The topological polar surface area (TPSA) is 60.5 Å². The average Bonchev–Trinajstić information content (AvgIpc) is 3.10. The highest BCUT2D eigenvalue weighted by molar-refractivity contribution is 7.22. The molecule has 0 aliphatic carbocycles. The maximum atomic E-state index is 13.4. The van der Waals surface area contributed by atoms with Crippen LogP contribution in [-0.2, 0) is 14.9 Å². The summed E-state index contributed by atoms with van der Waals surface area (Å²) in [5.41, 5.74) is 0.855. The summed E-state index contributed by atoms with van der Waals surface area (Å²) in [6, 6.07) is 11.8. The lowest BCUT2D eigenvalue weighted by atomic mass is 9.73. The van der Waals surface area contributed by atoms with Crippen LogP contribution < -0.4 is 10.1 Å². The van der Waals surface area contributed by atoms with E-state index >= 15 is 0 Å². The van der Waals surface area contributed by atoms with Gasteiger partial charge in [-0.05, 0) is 48.7 Å². The molecule has 0 unspecified atom stereocenters. The Morgan fingerprint density at radius 1 is 1.22 bits per heavy atom.